The lowest BCUT2D eigenvalue weighted by atomic mass is 9.82. The van der Waals surface area contributed by atoms with Gasteiger partial charge in [-0.3, -0.25) is 14.6 Å². The van der Waals surface area contributed by atoms with Gasteiger partial charge in [-0.1, -0.05) is 17.3 Å². The monoisotopic (exact) mass is 457 g/mol. The zero-order valence-corrected chi connectivity index (χ0v) is 18.3. The van der Waals surface area contributed by atoms with Crippen molar-refractivity contribution in [2.24, 2.45) is 0 Å². The van der Waals surface area contributed by atoms with E-state index in [0.717, 1.165) is 37.3 Å². The summed E-state index contributed by atoms with van der Waals surface area (Å²) in [5.74, 6) is 1.70. The third kappa shape index (κ3) is 4.35. The van der Waals surface area contributed by atoms with Crippen molar-refractivity contribution >= 4 is 11.7 Å². The van der Waals surface area contributed by atoms with Crippen molar-refractivity contribution in [3.63, 3.8) is 0 Å². The minimum absolute atomic E-state index is 0.0500. The quantitative estimate of drug-likeness (QED) is 0.562. The summed E-state index contributed by atoms with van der Waals surface area (Å²) in [7, 11) is 0. The van der Waals surface area contributed by atoms with Crippen LogP contribution in [0.1, 0.15) is 36.3 Å². The molecule has 2 aliphatic heterocycles. The number of piperidine rings is 1. The first kappa shape index (κ1) is 21.6. The number of ether oxygens (including phenoxy) is 1. The molecular formula is C23H25F2N5O3. The Balaban J connectivity index is 1.28. The van der Waals surface area contributed by atoms with Crippen molar-refractivity contribution in [3.8, 4) is 5.75 Å². The molecule has 1 aromatic carbocycles. The average molecular weight is 457 g/mol. The molecule has 8 nitrogen and oxygen atoms in total. The zero-order valence-electron chi connectivity index (χ0n) is 18.3. The second-order valence-electron chi connectivity index (χ2n) is 8.71. The number of amides is 1. The first-order valence-electron chi connectivity index (χ1n) is 11.0. The lowest BCUT2D eigenvalue weighted by molar-refractivity contribution is -0.123. The summed E-state index contributed by atoms with van der Waals surface area (Å²) in [4.78, 5) is 17.2. The highest BCUT2D eigenvalue weighted by molar-refractivity contribution is 5.94. The maximum absolute atomic E-state index is 13.2. The van der Waals surface area contributed by atoms with Crippen LogP contribution in [0.2, 0.25) is 0 Å². The van der Waals surface area contributed by atoms with Gasteiger partial charge in [0.05, 0.1) is 24.7 Å². The van der Waals surface area contributed by atoms with Gasteiger partial charge in [0.25, 0.3) is 0 Å². The number of aromatic nitrogens is 3. The van der Waals surface area contributed by atoms with Crippen LogP contribution in [0, 0.1) is 6.92 Å². The molecule has 33 heavy (non-hydrogen) atoms. The number of aryl methyl sites for hydroxylation is 1. The van der Waals surface area contributed by atoms with E-state index in [4.69, 9.17) is 4.52 Å². The van der Waals surface area contributed by atoms with Gasteiger partial charge in [0, 0.05) is 31.8 Å². The largest absolute Gasteiger partial charge is 0.435 e. The van der Waals surface area contributed by atoms with Crippen LogP contribution in [-0.4, -0.2) is 45.4 Å². The van der Waals surface area contributed by atoms with E-state index >= 15 is 0 Å². The topological polar surface area (TPSA) is 76.6 Å². The number of hydrogen-bond donors (Lipinski definition) is 0. The Labute approximate surface area is 189 Å². The number of alkyl halides is 2. The van der Waals surface area contributed by atoms with E-state index in [0.29, 0.717) is 31.0 Å². The van der Waals surface area contributed by atoms with E-state index in [1.54, 1.807) is 23.2 Å². The molecule has 0 aliphatic carbocycles. The summed E-state index contributed by atoms with van der Waals surface area (Å²) in [5.41, 5.74) is 1.26. The van der Waals surface area contributed by atoms with Crippen molar-refractivity contribution in [2.75, 3.05) is 18.0 Å². The smallest absolute Gasteiger partial charge is 0.387 e. The zero-order chi connectivity index (χ0) is 23.0. The number of likely N-dealkylation sites (tertiary alicyclic amines) is 1. The molecule has 0 bridgehead atoms. The Morgan fingerprint density at radius 3 is 2.73 bits per heavy atom. The first-order valence-corrected chi connectivity index (χ1v) is 11.0. The van der Waals surface area contributed by atoms with Gasteiger partial charge in [-0.25, -0.2) is 4.68 Å². The van der Waals surface area contributed by atoms with E-state index < -0.39 is 6.61 Å². The summed E-state index contributed by atoms with van der Waals surface area (Å²) in [5, 5.41) is 8.61. The fraction of sp³-hybridized carbons (Fsp3) is 0.435. The number of anilines is 1. The number of benzene rings is 1. The maximum Gasteiger partial charge on any atom is 0.387 e. The Morgan fingerprint density at radius 1 is 1.18 bits per heavy atom. The number of nitrogens with zero attached hydrogens (tertiary/aromatic N) is 5. The van der Waals surface area contributed by atoms with Crippen LogP contribution in [-0.2, 0) is 23.4 Å². The van der Waals surface area contributed by atoms with Gasteiger partial charge in [-0.05, 0) is 37.5 Å². The molecule has 1 fully saturated rings. The molecule has 2 aliphatic rings. The molecule has 174 valence electrons. The molecule has 0 radical (unpaired) electrons. The van der Waals surface area contributed by atoms with Crippen molar-refractivity contribution in [2.45, 2.75) is 51.4 Å². The van der Waals surface area contributed by atoms with Crippen molar-refractivity contribution in [1.29, 1.82) is 0 Å². The molecule has 0 atom stereocenters. The summed E-state index contributed by atoms with van der Waals surface area (Å²) in [6.45, 7) is 1.51. The van der Waals surface area contributed by atoms with Crippen LogP contribution >= 0.6 is 0 Å². The summed E-state index contributed by atoms with van der Waals surface area (Å²) >= 11 is 0. The van der Waals surface area contributed by atoms with Crippen LogP contribution in [0.5, 0.6) is 5.75 Å². The van der Waals surface area contributed by atoms with Crippen LogP contribution in [0.25, 0.3) is 0 Å². The van der Waals surface area contributed by atoms with Gasteiger partial charge in [-0.2, -0.15) is 13.9 Å². The minimum atomic E-state index is -2.84. The molecule has 10 heteroatoms. The Hall–Kier alpha value is -3.27. The standard InChI is InChI=1S/C23H25F2N5O3/c1-16-11-18(27-33-16)15-29-20-5-8-26-30(20)23(13-21(29)31)6-9-28(10-7-23)14-17-3-2-4-19(12-17)32-22(24)25/h2-5,8,11-12,22H,6-7,9-10,13-15H2,1H3. The number of carbonyl (C=O) groups excluding carboxylic acids is 1. The Morgan fingerprint density at radius 2 is 2.00 bits per heavy atom. The number of hydrogen-bond acceptors (Lipinski definition) is 6. The number of halogens is 2. The maximum atomic E-state index is 13.2. The second kappa shape index (κ2) is 8.58. The van der Waals surface area contributed by atoms with E-state index in [9.17, 15) is 13.6 Å². The minimum Gasteiger partial charge on any atom is -0.435 e. The number of carbonyl (C=O) groups is 1. The number of fused-ring (bicyclic) bond motifs is 2. The molecule has 4 heterocycles. The Bertz CT molecular complexity index is 1140. The summed E-state index contributed by atoms with van der Waals surface area (Å²) < 4.78 is 36.7. The van der Waals surface area contributed by atoms with Gasteiger partial charge in [-0.15, -0.1) is 0 Å². The van der Waals surface area contributed by atoms with Crippen LogP contribution < -0.4 is 9.64 Å². The molecule has 5 rings (SSSR count). The summed E-state index contributed by atoms with van der Waals surface area (Å²) in [6, 6.07) is 10.5. The van der Waals surface area contributed by atoms with Gasteiger partial charge >= 0.3 is 6.61 Å². The van der Waals surface area contributed by atoms with Crippen LogP contribution in [0.3, 0.4) is 0 Å². The van der Waals surface area contributed by atoms with Crippen molar-refractivity contribution in [3.05, 3.63) is 59.6 Å². The second-order valence-corrected chi connectivity index (χ2v) is 8.71. The fourth-order valence-electron chi connectivity index (χ4n) is 4.86. The van der Waals surface area contributed by atoms with Crippen molar-refractivity contribution in [1.82, 2.24) is 19.8 Å². The predicted molar refractivity (Wildman–Crippen MR) is 115 cm³/mol. The average Bonchev–Trinajstić information content (AvgIpc) is 3.42. The normalized spacial score (nSPS) is 18.2. The van der Waals surface area contributed by atoms with Crippen LogP contribution in [0.15, 0.2) is 47.1 Å². The number of rotatable bonds is 6. The molecular weight excluding hydrogens is 432 g/mol. The Kier molecular flexibility index (Phi) is 5.61. The molecule has 0 N–H and O–H groups in total. The molecule has 1 amide bonds. The third-order valence-corrected chi connectivity index (χ3v) is 6.44. The lowest BCUT2D eigenvalue weighted by Gasteiger charge is -2.46. The SMILES string of the molecule is Cc1cc(CN2C(=O)CC3(CCN(Cc4cccc(OC(F)F)c4)CC3)n3nccc32)no1. The third-order valence-electron chi connectivity index (χ3n) is 6.44. The van der Waals surface area contributed by atoms with Gasteiger partial charge in [0.1, 0.15) is 23.0 Å². The van der Waals surface area contributed by atoms with Crippen molar-refractivity contribution < 1.29 is 22.8 Å². The molecule has 0 unspecified atom stereocenters. The lowest BCUT2D eigenvalue weighted by Crippen LogP contribution is -2.53. The van der Waals surface area contributed by atoms with Gasteiger partial charge < -0.3 is 9.26 Å². The van der Waals surface area contributed by atoms with E-state index in [1.165, 1.54) is 6.07 Å². The highest BCUT2D eigenvalue weighted by atomic mass is 19.3. The van der Waals surface area contributed by atoms with E-state index in [2.05, 4.69) is 19.9 Å². The molecule has 2 aromatic heterocycles. The van der Waals surface area contributed by atoms with E-state index in [-0.39, 0.29) is 17.2 Å². The predicted octanol–water partition coefficient (Wildman–Crippen LogP) is 3.71. The first-order chi connectivity index (χ1) is 15.9. The summed E-state index contributed by atoms with van der Waals surface area (Å²) in [6.07, 6.45) is 3.66. The highest BCUT2D eigenvalue weighted by Crippen LogP contribution is 2.41. The fourth-order valence-corrected chi connectivity index (χ4v) is 4.86. The van der Waals surface area contributed by atoms with Crippen LogP contribution in [0.4, 0.5) is 14.6 Å². The molecule has 1 saturated heterocycles. The molecule has 1 spiro atoms. The molecule has 0 saturated carbocycles. The van der Waals surface area contributed by atoms with Gasteiger partial charge in [0.15, 0.2) is 0 Å². The van der Waals surface area contributed by atoms with Gasteiger partial charge in [0.2, 0.25) is 5.91 Å². The highest BCUT2D eigenvalue weighted by Gasteiger charge is 2.45. The van der Waals surface area contributed by atoms with E-state index in [1.807, 2.05) is 29.8 Å². The molecule has 3 aromatic rings.